The van der Waals surface area contributed by atoms with E-state index >= 15 is 0 Å². The number of nitrogens with zero attached hydrogens (tertiary/aromatic N) is 3. The number of nitrogens with two attached hydrogens (primary N) is 1. The van der Waals surface area contributed by atoms with E-state index in [1.54, 1.807) is 6.92 Å². The first-order chi connectivity index (χ1) is 14.7. The molecule has 3 aliphatic heterocycles. The maximum absolute atomic E-state index is 11.6. The number of benzene rings is 2. The van der Waals surface area contributed by atoms with E-state index in [4.69, 9.17) is 33.7 Å². The molecular formula is C23H24Cl2N4O2. The van der Waals surface area contributed by atoms with Crippen molar-refractivity contribution in [2.24, 2.45) is 0 Å². The molecule has 6 nitrogen and oxygen atoms in total. The van der Waals surface area contributed by atoms with Crippen molar-refractivity contribution in [2.45, 2.75) is 32.4 Å². The highest BCUT2D eigenvalue weighted by molar-refractivity contribution is 6.40. The van der Waals surface area contributed by atoms with Gasteiger partial charge in [0.2, 0.25) is 0 Å². The van der Waals surface area contributed by atoms with Crippen LogP contribution < -0.4 is 15.4 Å². The summed E-state index contributed by atoms with van der Waals surface area (Å²) < 4.78 is 6.32. The number of carbonyl (C=O) groups is 1. The normalized spacial score (nSPS) is 22.3. The van der Waals surface area contributed by atoms with Crippen molar-refractivity contribution in [1.82, 2.24) is 10.0 Å². The van der Waals surface area contributed by atoms with E-state index in [1.165, 1.54) is 5.57 Å². The molecule has 0 amide bonds. The average Bonchev–Trinajstić information content (AvgIpc) is 3.17. The zero-order valence-electron chi connectivity index (χ0n) is 17.7. The number of carbonyl (C=O) groups excluding carboxylic acids is 1. The first kappa shape index (κ1) is 20.6. The molecule has 0 aromatic heterocycles. The minimum atomic E-state index is -0.524. The summed E-state index contributed by atoms with van der Waals surface area (Å²) in [4.78, 5) is 13.9. The van der Waals surface area contributed by atoms with Crippen LogP contribution in [-0.2, 0) is 0 Å². The smallest absolute Gasteiger partial charge is 0.159 e. The molecule has 2 aromatic carbocycles. The SMILES string of the molecule is CC(=O)c1ccc(N2CN3CC=C4C(c5cc(Cl)c(N)c(Cl)c5OC4(C)C)N3C2)cc1. The second-order valence-corrected chi connectivity index (χ2v) is 9.52. The number of rotatable bonds is 2. The average molecular weight is 459 g/mol. The molecule has 1 atom stereocenters. The van der Waals surface area contributed by atoms with E-state index in [9.17, 15) is 4.79 Å². The molecule has 3 aliphatic rings. The molecule has 31 heavy (non-hydrogen) atoms. The molecule has 3 heterocycles. The molecule has 8 heteroatoms. The lowest BCUT2D eigenvalue weighted by Crippen LogP contribution is -2.51. The molecule has 1 unspecified atom stereocenters. The molecule has 2 aromatic rings. The molecule has 1 fully saturated rings. The molecule has 0 radical (unpaired) electrons. The number of nitrogen functional groups attached to an aromatic ring is 1. The minimum Gasteiger partial charge on any atom is -0.481 e. The first-order valence-corrected chi connectivity index (χ1v) is 11.0. The Morgan fingerprint density at radius 2 is 1.90 bits per heavy atom. The number of fused-ring (bicyclic) bond motifs is 5. The zero-order chi connectivity index (χ0) is 22.1. The van der Waals surface area contributed by atoms with E-state index in [0.29, 0.717) is 33.7 Å². The molecule has 162 valence electrons. The van der Waals surface area contributed by atoms with Gasteiger partial charge in [0.15, 0.2) is 5.78 Å². The van der Waals surface area contributed by atoms with Gasteiger partial charge in [0, 0.05) is 23.4 Å². The quantitative estimate of drug-likeness (QED) is 0.392. The molecule has 1 saturated heterocycles. The molecular weight excluding hydrogens is 435 g/mol. The van der Waals surface area contributed by atoms with Gasteiger partial charge in [0.25, 0.3) is 0 Å². The molecule has 0 saturated carbocycles. The Kier molecular flexibility index (Phi) is 4.75. The number of hydrogen-bond acceptors (Lipinski definition) is 6. The van der Waals surface area contributed by atoms with Crippen LogP contribution in [-0.4, -0.2) is 41.3 Å². The van der Waals surface area contributed by atoms with Crippen molar-refractivity contribution in [2.75, 3.05) is 30.5 Å². The second kappa shape index (κ2) is 7.14. The lowest BCUT2D eigenvalue weighted by atomic mass is 9.82. The fourth-order valence-corrected chi connectivity index (χ4v) is 5.21. The minimum absolute atomic E-state index is 0.0513. The van der Waals surface area contributed by atoms with Gasteiger partial charge in [-0.1, -0.05) is 29.3 Å². The Labute approximate surface area is 191 Å². The third-order valence-electron chi connectivity index (χ3n) is 6.35. The maximum atomic E-state index is 11.6. The van der Waals surface area contributed by atoms with Gasteiger partial charge in [-0.2, -0.15) is 0 Å². The van der Waals surface area contributed by atoms with Crippen LogP contribution in [0.1, 0.15) is 42.7 Å². The summed E-state index contributed by atoms with van der Waals surface area (Å²) >= 11 is 13.0. The summed E-state index contributed by atoms with van der Waals surface area (Å²) in [5, 5.41) is 5.43. The van der Waals surface area contributed by atoms with Crippen LogP contribution in [0.4, 0.5) is 11.4 Å². The number of hydrogen-bond donors (Lipinski definition) is 1. The number of ether oxygens (including phenoxy) is 1. The van der Waals surface area contributed by atoms with E-state index in [-0.39, 0.29) is 11.8 Å². The lowest BCUT2D eigenvalue weighted by molar-refractivity contribution is -0.0295. The monoisotopic (exact) mass is 458 g/mol. The second-order valence-electron chi connectivity index (χ2n) is 8.73. The van der Waals surface area contributed by atoms with Crippen LogP contribution in [0, 0.1) is 0 Å². The van der Waals surface area contributed by atoms with Crippen molar-refractivity contribution < 1.29 is 9.53 Å². The van der Waals surface area contributed by atoms with Crippen LogP contribution in [0.15, 0.2) is 42.0 Å². The van der Waals surface area contributed by atoms with Crippen molar-refractivity contribution in [3.05, 3.63) is 63.2 Å². The van der Waals surface area contributed by atoms with Gasteiger partial charge in [0.05, 0.1) is 30.1 Å². The molecule has 0 aliphatic carbocycles. The number of hydrazine groups is 1. The van der Waals surface area contributed by atoms with Gasteiger partial charge in [-0.15, -0.1) is 0 Å². The first-order valence-electron chi connectivity index (χ1n) is 10.2. The van der Waals surface area contributed by atoms with Crippen molar-refractivity contribution in [3.63, 3.8) is 0 Å². The van der Waals surface area contributed by atoms with Crippen LogP contribution >= 0.6 is 23.2 Å². The molecule has 0 spiro atoms. The van der Waals surface area contributed by atoms with Gasteiger partial charge in [-0.25, -0.2) is 10.0 Å². The third-order valence-corrected chi connectivity index (χ3v) is 7.04. The Hall–Kier alpha value is -2.25. The van der Waals surface area contributed by atoms with E-state index < -0.39 is 5.60 Å². The predicted molar refractivity (Wildman–Crippen MR) is 124 cm³/mol. The Balaban J connectivity index is 1.54. The van der Waals surface area contributed by atoms with Crippen molar-refractivity contribution in [3.8, 4) is 5.75 Å². The van der Waals surface area contributed by atoms with E-state index in [0.717, 1.165) is 24.5 Å². The van der Waals surface area contributed by atoms with Crippen molar-refractivity contribution in [1.29, 1.82) is 0 Å². The lowest BCUT2D eigenvalue weighted by Gasteiger charge is -2.48. The van der Waals surface area contributed by atoms with Gasteiger partial charge < -0.3 is 15.4 Å². The van der Waals surface area contributed by atoms with Gasteiger partial charge in [0.1, 0.15) is 16.4 Å². The predicted octanol–water partition coefficient (Wildman–Crippen LogP) is 4.88. The number of Topliss-reactive ketones (excluding diaryl/α,β-unsaturated/α-hetero) is 1. The molecule has 0 bridgehead atoms. The largest absolute Gasteiger partial charge is 0.481 e. The summed E-state index contributed by atoms with van der Waals surface area (Å²) in [6.07, 6.45) is 2.24. The zero-order valence-corrected chi connectivity index (χ0v) is 19.2. The number of ketones is 1. The third kappa shape index (κ3) is 3.21. The topological polar surface area (TPSA) is 62.0 Å². The Morgan fingerprint density at radius 3 is 2.58 bits per heavy atom. The maximum Gasteiger partial charge on any atom is 0.159 e. The van der Waals surface area contributed by atoms with Gasteiger partial charge in [-0.05, 0) is 56.7 Å². The summed E-state index contributed by atoms with van der Waals surface area (Å²) in [5.41, 5.74) is 9.79. The standard InChI is InChI=1S/C23H24Cl2N4O2/c1-13(30)14-4-6-15(7-5-14)27-11-28-9-8-17-21(29(28)12-27)16-10-18(24)20(26)19(25)22(16)31-23(17,2)3/h4-8,10,21H,9,11-12,26H2,1-3H3. The fourth-order valence-electron chi connectivity index (χ4n) is 4.70. The van der Waals surface area contributed by atoms with Crippen LogP contribution in [0.5, 0.6) is 5.75 Å². The molecule has 5 rings (SSSR count). The van der Waals surface area contributed by atoms with Crippen LogP contribution in [0.2, 0.25) is 10.0 Å². The van der Waals surface area contributed by atoms with Crippen molar-refractivity contribution >= 4 is 40.4 Å². The molecule has 2 N–H and O–H groups in total. The number of halogens is 2. The van der Waals surface area contributed by atoms with Crippen LogP contribution in [0.3, 0.4) is 0 Å². The Bertz CT molecular complexity index is 1110. The summed E-state index contributed by atoms with van der Waals surface area (Å²) in [5.74, 6) is 0.666. The van der Waals surface area contributed by atoms with E-state index in [2.05, 4.69) is 34.8 Å². The highest BCUT2D eigenvalue weighted by Crippen LogP contribution is 2.54. The summed E-state index contributed by atoms with van der Waals surface area (Å²) in [6.45, 7) is 7.91. The van der Waals surface area contributed by atoms with Gasteiger partial charge >= 0.3 is 0 Å². The van der Waals surface area contributed by atoms with E-state index in [1.807, 2.05) is 30.3 Å². The van der Waals surface area contributed by atoms with Crippen LogP contribution in [0.25, 0.3) is 0 Å². The fraction of sp³-hybridized carbons (Fsp3) is 0.348. The highest BCUT2D eigenvalue weighted by Gasteiger charge is 2.48. The summed E-state index contributed by atoms with van der Waals surface area (Å²) in [7, 11) is 0. The number of anilines is 2. The summed E-state index contributed by atoms with van der Waals surface area (Å²) in [6, 6.07) is 9.58. The van der Waals surface area contributed by atoms with Gasteiger partial charge in [-0.3, -0.25) is 4.79 Å². The Morgan fingerprint density at radius 1 is 1.19 bits per heavy atom. The highest BCUT2D eigenvalue weighted by atomic mass is 35.5.